The summed E-state index contributed by atoms with van der Waals surface area (Å²) >= 11 is 0. The molecule has 0 radical (unpaired) electrons. The average Bonchev–Trinajstić information content (AvgIpc) is 3.17. The second-order valence-corrected chi connectivity index (χ2v) is 10.7. The number of fused-ring (bicyclic) bond motifs is 1. The van der Waals surface area contributed by atoms with Gasteiger partial charge in [-0.05, 0) is 73.6 Å². The molecule has 2 unspecified atom stereocenters. The predicted molar refractivity (Wildman–Crippen MR) is 135 cm³/mol. The summed E-state index contributed by atoms with van der Waals surface area (Å²) < 4.78 is 26.2. The maximum Gasteiger partial charge on any atom is 0.270 e. The van der Waals surface area contributed by atoms with Crippen molar-refractivity contribution in [2.75, 3.05) is 25.0 Å². The Hall–Kier alpha value is -1.88. The summed E-state index contributed by atoms with van der Waals surface area (Å²) in [5.41, 5.74) is 1.26. The zero-order valence-corrected chi connectivity index (χ0v) is 20.9. The van der Waals surface area contributed by atoms with Crippen molar-refractivity contribution in [1.29, 1.82) is 0 Å². The summed E-state index contributed by atoms with van der Waals surface area (Å²) in [6.45, 7) is 18.8. The highest BCUT2D eigenvalue weighted by molar-refractivity contribution is 5.50. The van der Waals surface area contributed by atoms with Gasteiger partial charge in [0.15, 0.2) is 0 Å². The monoisotopic (exact) mass is 459 g/mol. The molecule has 3 aliphatic rings. The van der Waals surface area contributed by atoms with Crippen molar-refractivity contribution in [2.24, 2.45) is 29.6 Å². The minimum absolute atomic E-state index is 0.0213. The van der Waals surface area contributed by atoms with Crippen LogP contribution in [0.2, 0.25) is 0 Å². The molecule has 5 heteroatoms. The normalized spacial score (nSPS) is 29.0. The van der Waals surface area contributed by atoms with Crippen LogP contribution in [0.25, 0.3) is 0 Å². The molecule has 1 aromatic carbocycles. The SMILES string of the molecule is C=CNCC(=C)Nc1cccc(C(C)(F)F)c1.CC(C)C1CCC(N2CC3C(C)C3C2)CC1. The molecule has 2 saturated carbocycles. The first-order chi connectivity index (χ1) is 15.6. The van der Waals surface area contributed by atoms with Crippen molar-refractivity contribution >= 4 is 5.69 Å². The number of nitrogens with zero attached hydrogens (tertiary/aromatic N) is 1. The largest absolute Gasteiger partial charge is 0.386 e. The van der Waals surface area contributed by atoms with Crippen molar-refractivity contribution in [1.82, 2.24) is 10.2 Å². The van der Waals surface area contributed by atoms with Gasteiger partial charge in [0.1, 0.15) is 0 Å². The number of halogens is 2. The Labute approximate surface area is 199 Å². The van der Waals surface area contributed by atoms with E-state index in [0.717, 1.165) is 42.6 Å². The number of anilines is 1. The van der Waals surface area contributed by atoms with Crippen molar-refractivity contribution in [3.8, 4) is 0 Å². The van der Waals surface area contributed by atoms with Gasteiger partial charge in [0.2, 0.25) is 0 Å². The molecule has 3 nitrogen and oxygen atoms in total. The second kappa shape index (κ2) is 11.0. The van der Waals surface area contributed by atoms with Gasteiger partial charge in [-0.2, -0.15) is 0 Å². The molecule has 1 aromatic rings. The van der Waals surface area contributed by atoms with Gasteiger partial charge in [-0.15, -0.1) is 0 Å². The molecule has 33 heavy (non-hydrogen) atoms. The van der Waals surface area contributed by atoms with Crippen molar-refractivity contribution < 1.29 is 8.78 Å². The molecule has 2 atom stereocenters. The van der Waals surface area contributed by atoms with Gasteiger partial charge >= 0.3 is 0 Å². The molecule has 1 saturated heterocycles. The number of hydrogen-bond donors (Lipinski definition) is 2. The number of piperidine rings is 1. The second-order valence-electron chi connectivity index (χ2n) is 10.7. The molecular formula is C28H43F2N3. The van der Waals surface area contributed by atoms with Crippen LogP contribution in [0.3, 0.4) is 0 Å². The molecule has 184 valence electrons. The van der Waals surface area contributed by atoms with Crippen molar-refractivity contribution in [2.45, 2.75) is 65.3 Å². The minimum atomic E-state index is -2.83. The van der Waals surface area contributed by atoms with E-state index >= 15 is 0 Å². The maximum atomic E-state index is 13.1. The van der Waals surface area contributed by atoms with Gasteiger partial charge < -0.3 is 10.6 Å². The highest BCUT2D eigenvalue weighted by Crippen LogP contribution is 2.52. The lowest BCUT2D eigenvalue weighted by Gasteiger charge is -2.37. The zero-order chi connectivity index (χ0) is 24.2. The fourth-order valence-corrected chi connectivity index (χ4v) is 5.60. The number of alkyl halides is 2. The van der Waals surface area contributed by atoms with Crippen LogP contribution in [0.1, 0.15) is 58.9 Å². The van der Waals surface area contributed by atoms with Gasteiger partial charge in [-0.1, -0.05) is 46.1 Å². The molecule has 0 amide bonds. The van der Waals surface area contributed by atoms with E-state index < -0.39 is 5.92 Å². The Balaban J connectivity index is 0.000000186. The van der Waals surface area contributed by atoms with E-state index in [4.69, 9.17) is 0 Å². The fraction of sp³-hybridized carbons (Fsp3) is 0.643. The maximum absolute atomic E-state index is 13.1. The van der Waals surface area contributed by atoms with Crippen LogP contribution in [-0.2, 0) is 5.92 Å². The Bertz CT molecular complexity index is 781. The lowest BCUT2D eigenvalue weighted by atomic mass is 9.79. The number of likely N-dealkylation sites (tertiary alicyclic amines) is 1. The lowest BCUT2D eigenvalue weighted by Crippen LogP contribution is -2.38. The first-order valence-electron chi connectivity index (χ1n) is 12.6. The average molecular weight is 460 g/mol. The highest BCUT2D eigenvalue weighted by atomic mass is 19.3. The molecule has 3 fully saturated rings. The Morgan fingerprint density at radius 2 is 1.82 bits per heavy atom. The molecule has 0 spiro atoms. The van der Waals surface area contributed by atoms with E-state index in [9.17, 15) is 8.78 Å². The van der Waals surface area contributed by atoms with Crippen LogP contribution in [0.5, 0.6) is 0 Å². The van der Waals surface area contributed by atoms with Gasteiger partial charge in [-0.3, -0.25) is 4.90 Å². The molecule has 2 aliphatic carbocycles. The Morgan fingerprint density at radius 1 is 1.18 bits per heavy atom. The topological polar surface area (TPSA) is 27.3 Å². The Morgan fingerprint density at radius 3 is 2.36 bits per heavy atom. The van der Waals surface area contributed by atoms with E-state index in [1.54, 1.807) is 18.3 Å². The van der Waals surface area contributed by atoms with Crippen molar-refractivity contribution in [3.63, 3.8) is 0 Å². The van der Waals surface area contributed by atoms with Gasteiger partial charge in [-0.25, -0.2) is 8.78 Å². The summed E-state index contributed by atoms with van der Waals surface area (Å²) in [5.74, 6) is 2.33. The molecule has 1 aliphatic heterocycles. The molecular weight excluding hydrogens is 416 g/mol. The first-order valence-corrected chi connectivity index (χ1v) is 12.6. The standard InChI is InChI=1S/C15H27N.C13H16F2N2/c1-10(2)12-4-6-13(7-5-12)16-8-14-11(3)15(14)9-16;1-4-16-9-10(2)17-12-7-5-6-11(8-12)13(3,14)15/h10-15H,4-9H2,1-3H3;4-8,16-17H,1-2,9H2,3H3. The number of benzene rings is 1. The van der Waals surface area contributed by atoms with Gasteiger partial charge in [0, 0.05) is 43.0 Å². The van der Waals surface area contributed by atoms with E-state index in [1.807, 2.05) is 0 Å². The molecule has 0 bridgehead atoms. The summed E-state index contributed by atoms with van der Waals surface area (Å²) in [6, 6.07) is 7.07. The predicted octanol–water partition coefficient (Wildman–Crippen LogP) is 6.86. The third-order valence-electron chi connectivity index (χ3n) is 8.00. The smallest absolute Gasteiger partial charge is 0.270 e. The van der Waals surface area contributed by atoms with Crippen molar-refractivity contribution in [3.05, 3.63) is 54.9 Å². The van der Waals surface area contributed by atoms with Crippen LogP contribution >= 0.6 is 0 Å². The van der Waals surface area contributed by atoms with Crippen LogP contribution in [0.4, 0.5) is 14.5 Å². The Kier molecular flexibility index (Phi) is 8.60. The minimum Gasteiger partial charge on any atom is -0.386 e. The van der Waals surface area contributed by atoms with E-state index in [0.29, 0.717) is 17.9 Å². The van der Waals surface area contributed by atoms with Crippen LogP contribution in [-0.4, -0.2) is 30.6 Å². The van der Waals surface area contributed by atoms with E-state index in [-0.39, 0.29) is 5.56 Å². The summed E-state index contributed by atoms with van der Waals surface area (Å²) in [4.78, 5) is 2.83. The van der Waals surface area contributed by atoms with Gasteiger partial charge in [0.05, 0.1) is 6.54 Å². The lowest BCUT2D eigenvalue weighted by molar-refractivity contribution is 0.0175. The zero-order valence-electron chi connectivity index (χ0n) is 20.9. The van der Waals surface area contributed by atoms with E-state index in [1.165, 1.54) is 50.9 Å². The first kappa shape index (κ1) is 25.7. The summed E-state index contributed by atoms with van der Waals surface area (Å²) in [5, 5.41) is 5.82. The number of hydrogen-bond acceptors (Lipinski definition) is 3. The van der Waals surface area contributed by atoms with Crippen LogP contribution in [0, 0.1) is 29.6 Å². The third kappa shape index (κ3) is 7.05. The highest BCUT2D eigenvalue weighted by Gasteiger charge is 2.53. The van der Waals surface area contributed by atoms with Gasteiger partial charge in [0.25, 0.3) is 5.92 Å². The number of nitrogens with one attached hydrogen (secondary N) is 2. The van der Waals surface area contributed by atoms with E-state index in [2.05, 4.69) is 49.5 Å². The summed E-state index contributed by atoms with van der Waals surface area (Å²) in [7, 11) is 0. The van der Waals surface area contributed by atoms with Crippen LogP contribution in [0.15, 0.2) is 49.3 Å². The molecule has 1 heterocycles. The molecule has 0 aromatic heterocycles. The third-order valence-corrected chi connectivity index (χ3v) is 8.00. The fourth-order valence-electron chi connectivity index (χ4n) is 5.60. The molecule has 4 rings (SSSR count). The summed E-state index contributed by atoms with van der Waals surface area (Å²) in [6.07, 6.45) is 7.49. The van der Waals surface area contributed by atoms with Crippen LogP contribution < -0.4 is 10.6 Å². The quantitative estimate of drug-likeness (QED) is 0.445. The molecule has 2 N–H and O–H groups in total. The number of rotatable bonds is 8.